The number of piperazine rings is 1. The highest BCUT2D eigenvalue weighted by Gasteiger charge is 2.14. The van der Waals surface area contributed by atoms with E-state index in [2.05, 4.69) is 10.2 Å². The lowest BCUT2D eigenvalue weighted by Gasteiger charge is -2.26. The first kappa shape index (κ1) is 14.8. The summed E-state index contributed by atoms with van der Waals surface area (Å²) in [5, 5.41) is 3.30. The molecule has 0 aromatic heterocycles. The average molecular weight is 278 g/mol. The summed E-state index contributed by atoms with van der Waals surface area (Å²) >= 11 is 0. The van der Waals surface area contributed by atoms with Crippen LogP contribution in [-0.4, -0.2) is 57.6 Å². The fourth-order valence-electron chi connectivity index (χ4n) is 2.35. The summed E-state index contributed by atoms with van der Waals surface area (Å²) in [6.07, 6.45) is 0.537. The van der Waals surface area contributed by atoms with E-state index in [1.165, 1.54) is 0 Å². The molecular formula is C15H22N2O3. The number of carbonyl (C=O) groups is 1. The number of rotatable bonds is 6. The van der Waals surface area contributed by atoms with Crippen LogP contribution in [0, 0.1) is 0 Å². The molecule has 2 rings (SSSR count). The Morgan fingerprint density at radius 3 is 2.55 bits per heavy atom. The second kappa shape index (κ2) is 7.26. The minimum Gasteiger partial charge on any atom is -0.493 e. The third kappa shape index (κ3) is 3.71. The Labute approximate surface area is 119 Å². The number of hydrogen-bond acceptors (Lipinski definition) is 5. The average Bonchev–Trinajstić information content (AvgIpc) is 2.52. The summed E-state index contributed by atoms with van der Waals surface area (Å²) in [6, 6.07) is 5.32. The number of methoxy groups -OCH3 is 2. The molecule has 1 aliphatic heterocycles. The lowest BCUT2D eigenvalue weighted by atomic mass is 10.1. The van der Waals surface area contributed by atoms with Gasteiger partial charge in [-0.3, -0.25) is 4.79 Å². The number of nitrogens with one attached hydrogen (secondary N) is 1. The van der Waals surface area contributed by atoms with Gasteiger partial charge in [0.15, 0.2) is 17.3 Å². The van der Waals surface area contributed by atoms with Gasteiger partial charge in [-0.15, -0.1) is 0 Å². The zero-order valence-electron chi connectivity index (χ0n) is 12.1. The molecule has 0 amide bonds. The number of carbonyl (C=O) groups excluding carboxylic acids is 1. The van der Waals surface area contributed by atoms with Gasteiger partial charge in [0.2, 0.25) is 0 Å². The zero-order valence-corrected chi connectivity index (χ0v) is 12.1. The van der Waals surface area contributed by atoms with E-state index in [-0.39, 0.29) is 5.78 Å². The molecule has 1 aliphatic rings. The minimum absolute atomic E-state index is 0.143. The largest absolute Gasteiger partial charge is 0.493 e. The highest BCUT2D eigenvalue weighted by Crippen LogP contribution is 2.27. The van der Waals surface area contributed by atoms with Crippen LogP contribution in [0.25, 0.3) is 0 Å². The van der Waals surface area contributed by atoms with Gasteiger partial charge in [0.05, 0.1) is 14.2 Å². The minimum atomic E-state index is 0.143. The van der Waals surface area contributed by atoms with Gasteiger partial charge >= 0.3 is 0 Å². The van der Waals surface area contributed by atoms with Crippen LogP contribution in [0.1, 0.15) is 16.8 Å². The van der Waals surface area contributed by atoms with Gasteiger partial charge < -0.3 is 19.7 Å². The van der Waals surface area contributed by atoms with E-state index in [1.807, 2.05) is 0 Å². The van der Waals surface area contributed by atoms with E-state index in [0.717, 1.165) is 32.7 Å². The van der Waals surface area contributed by atoms with Crippen LogP contribution in [0.3, 0.4) is 0 Å². The quantitative estimate of drug-likeness (QED) is 0.792. The Balaban J connectivity index is 1.94. The van der Waals surface area contributed by atoms with Crippen molar-refractivity contribution in [1.29, 1.82) is 0 Å². The van der Waals surface area contributed by atoms with Crippen molar-refractivity contribution in [1.82, 2.24) is 10.2 Å². The van der Waals surface area contributed by atoms with E-state index in [1.54, 1.807) is 32.4 Å². The molecule has 0 spiro atoms. The molecule has 0 saturated carbocycles. The monoisotopic (exact) mass is 278 g/mol. The Morgan fingerprint density at radius 1 is 1.20 bits per heavy atom. The first-order valence-electron chi connectivity index (χ1n) is 6.93. The first-order valence-corrected chi connectivity index (χ1v) is 6.93. The number of hydrogen-bond donors (Lipinski definition) is 1. The van der Waals surface area contributed by atoms with Crippen molar-refractivity contribution >= 4 is 5.78 Å². The van der Waals surface area contributed by atoms with Gasteiger partial charge in [-0.1, -0.05) is 0 Å². The molecule has 1 saturated heterocycles. The highest BCUT2D eigenvalue weighted by atomic mass is 16.5. The summed E-state index contributed by atoms with van der Waals surface area (Å²) in [7, 11) is 3.16. The third-order valence-corrected chi connectivity index (χ3v) is 3.57. The van der Waals surface area contributed by atoms with Crippen LogP contribution in [-0.2, 0) is 0 Å². The van der Waals surface area contributed by atoms with Crippen molar-refractivity contribution in [3.63, 3.8) is 0 Å². The molecular weight excluding hydrogens is 256 g/mol. The smallest absolute Gasteiger partial charge is 0.164 e. The summed E-state index contributed by atoms with van der Waals surface area (Å²) < 4.78 is 10.4. The van der Waals surface area contributed by atoms with Gasteiger partial charge in [0.25, 0.3) is 0 Å². The van der Waals surface area contributed by atoms with Crippen molar-refractivity contribution in [2.24, 2.45) is 0 Å². The van der Waals surface area contributed by atoms with Crippen LogP contribution >= 0.6 is 0 Å². The Hall–Kier alpha value is -1.59. The third-order valence-electron chi connectivity index (χ3n) is 3.57. The van der Waals surface area contributed by atoms with Crippen molar-refractivity contribution in [3.05, 3.63) is 23.8 Å². The predicted molar refractivity (Wildman–Crippen MR) is 77.8 cm³/mol. The Bertz CT molecular complexity index is 456. The van der Waals surface area contributed by atoms with Crippen molar-refractivity contribution in [2.45, 2.75) is 6.42 Å². The number of ketones is 1. The van der Waals surface area contributed by atoms with Crippen LogP contribution in [0.2, 0.25) is 0 Å². The van der Waals surface area contributed by atoms with Crippen LogP contribution in [0.4, 0.5) is 0 Å². The Kier molecular flexibility index (Phi) is 5.38. The number of benzene rings is 1. The standard InChI is InChI=1S/C15H22N2O3/c1-19-14-4-3-12(11-15(14)20-2)13(18)5-8-17-9-6-16-7-10-17/h3-4,11,16H,5-10H2,1-2H3. The first-order chi connectivity index (χ1) is 9.74. The molecule has 0 unspecified atom stereocenters. The maximum absolute atomic E-state index is 12.2. The van der Waals surface area contributed by atoms with Crippen molar-refractivity contribution < 1.29 is 14.3 Å². The molecule has 0 bridgehead atoms. The van der Waals surface area contributed by atoms with Crippen LogP contribution in [0.5, 0.6) is 11.5 Å². The van der Waals surface area contributed by atoms with E-state index in [4.69, 9.17) is 9.47 Å². The normalized spacial score (nSPS) is 15.9. The van der Waals surface area contributed by atoms with Gasteiger partial charge in [0, 0.05) is 44.7 Å². The van der Waals surface area contributed by atoms with E-state index >= 15 is 0 Å². The fourth-order valence-corrected chi connectivity index (χ4v) is 2.35. The molecule has 0 aliphatic carbocycles. The molecule has 5 heteroatoms. The molecule has 0 atom stereocenters. The lowest BCUT2D eigenvalue weighted by Crippen LogP contribution is -2.44. The van der Waals surface area contributed by atoms with Gasteiger partial charge in [-0.2, -0.15) is 0 Å². The Morgan fingerprint density at radius 2 is 1.90 bits per heavy atom. The number of Topliss-reactive ketones (excluding diaryl/α,β-unsaturated/α-hetero) is 1. The molecule has 110 valence electrons. The van der Waals surface area contributed by atoms with Gasteiger partial charge in [0.1, 0.15) is 0 Å². The van der Waals surface area contributed by atoms with E-state index in [0.29, 0.717) is 23.5 Å². The highest BCUT2D eigenvalue weighted by molar-refractivity contribution is 5.96. The summed E-state index contributed by atoms with van der Waals surface area (Å²) in [6.45, 7) is 4.85. The van der Waals surface area contributed by atoms with E-state index < -0.39 is 0 Å². The summed E-state index contributed by atoms with van der Waals surface area (Å²) in [4.78, 5) is 14.5. The molecule has 1 heterocycles. The van der Waals surface area contributed by atoms with Gasteiger partial charge in [-0.05, 0) is 18.2 Å². The van der Waals surface area contributed by atoms with Crippen molar-refractivity contribution in [3.8, 4) is 11.5 Å². The number of ether oxygens (including phenoxy) is 2. The number of nitrogens with zero attached hydrogens (tertiary/aromatic N) is 1. The topological polar surface area (TPSA) is 50.8 Å². The molecule has 0 radical (unpaired) electrons. The fraction of sp³-hybridized carbons (Fsp3) is 0.533. The molecule has 5 nitrogen and oxygen atoms in total. The zero-order chi connectivity index (χ0) is 14.4. The second-order valence-corrected chi connectivity index (χ2v) is 4.83. The molecule has 1 N–H and O–H groups in total. The maximum Gasteiger partial charge on any atom is 0.164 e. The SMILES string of the molecule is COc1ccc(C(=O)CCN2CCNCC2)cc1OC. The summed E-state index contributed by atoms with van der Waals surface area (Å²) in [5.41, 5.74) is 0.679. The van der Waals surface area contributed by atoms with Gasteiger partial charge in [-0.25, -0.2) is 0 Å². The summed E-state index contributed by atoms with van der Waals surface area (Å²) in [5.74, 6) is 1.39. The predicted octanol–water partition coefficient (Wildman–Crippen LogP) is 1.18. The van der Waals surface area contributed by atoms with E-state index in [9.17, 15) is 4.79 Å². The molecule has 20 heavy (non-hydrogen) atoms. The molecule has 1 fully saturated rings. The molecule has 1 aromatic rings. The van der Waals surface area contributed by atoms with Crippen LogP contribution in [0.15, 0.2) is 18.2 Å². The molecule has 1 aromatic carbocycles. The van der Waals surface area contributed by atoms with Crippen LogP contribution < -0.4 is 14.8 Å². The second-order valence-electron chi connectivity index (χ2n) is 4.83. The lowest BCUT2D eigenvalue weighted by molar-refractivity contribution is 0.0960. The maximum atomic E-state index is 12.2. The van der Waals surface area contributed by atoms with Crippen molar-refractivity contribution in [2.75, 3.05) is 46.9 Å².